The topological polar surface area (TPSA) is 83.5 Å². The van der Waals surface area contributed by atoms with Crippen LogP contribution in [-0.2, 0) is 0 Å². The van der Waals surface area contributed by atoms with Crippen molar-refractivity contribution in [2.45, 2.75) is 45.1 Å². The highest BCUT2D eigenvalue weighted by Gasteiger charge is 2.34. The van der Waals surface area contributed by atoms with Crippen LogP contribution in [0.1, 0.15) is 43.8 Å². The minimum absolute atomic E-state index is 0.108. The molecule has 2 aliphatic carbocycles. The van der Waals surface area contributed by atoms with Crippen LogP contribution in [0, 0.1) is 18.8 Å². The van der Waals surface area contributed by atoms with Crippen LogP contribution >= 0.6 is 0 Å². The summed E-state index contributed by atoms with van der Waals surface area (Å²) in [6.07, 6.45) is 8.24. The minimum Gasteiger partial charge on any atom is -0.396 e. The first-order chi connectivity index (χ1) is 11.1. The second kappa shape index (κ2) is 6.78. The number of aromatic nitrogens is 2. The van der Waals surface area contributed by atoms with Crippen LogP contribution in [0.2, 0.25) is 0 Å². The third-order valence-electron chi connectivity index (χ3n) is 4.74. The number of hydrogen-bond donors (Lipinski definition) is 3. The monoisotopic (exact) mass is 319 g/mol. The van der Waals surface area contributed by atoms with Gasteiger partial charge in [-0.3, -0.25) is 9.69 Å². The second-order valence-electron chi connectivity index (χ2n) is 6.82. The Labute approximate surface area is 138 Å². The molecule has 0 amide bonds. The van der Waals surface area contributed by atoms with Crippen LogP contribution in [0.5, 0.6) is 0 Å². The van der Waals surface area contributed by atoms with Crippen molar-refractivity contribution in [3.05, 3.63) is 11.9 Å². The molecule has 0 spiro atoms. The summed E-state index contributed by atoms with van der Waals surface area (Å²) in [5.74, 6) is 2.54. The van der Waals surface area contributed by atoms with E-state index in [0.717, 1.165) is 42.0 Å². The lowest BCUT2D eigenvalue weighted by Gasteiger charge is -2.30. The molecule has 23 heavy (non-hydrogen) atoms. The minimum atomic E-state index is 0.108. The van der Waals surface area contributed by atoms with E-state index in [1.54, 1.807) is 0 Å². The van der Waals surface area contributed by atoms with E-state index in [0.29, 0.717) is 0 Å². The zero-order chi connectivity index (χ0) is 16.4. The molecule has 2 aliphatic rings. The average molecular weight is 319 g/mol. The molecule has 0 radical (unpaired) electrons. The maximum absolute atomic E-state index is 6.03. The van der Waals surface area contributed by atoms with Crippen molar-refractivity contribution in [1.82, 2.24) is 25.6 Å². The van der Waals surface area contributed by atoms with Crippen LogP contribution in [0.3, 0.4) is 0 Å². The number of nitrogens with one attached hydrogen (secondary N) is 2. The Morgan fingerprint density at radius 3 is 2.57 bits per heavy atom. The number of hydrazine groups is 1. The maximum Gasteiger partial charge on any atom is 0.163 e. The van der Waals surface area contributed by atoms with Crippen molar-refractivity contribution in [2.24, 2.45) is 16.9 Å². The molecule has 0 aliphatic heterocycles. The summed E-state index contributed by atoms with van der Waals surface area (Å²) in [4.78, 5) is 0. The van der Waals surface area contributed by atoms with Crippen molar-refractivity contribution < 1.29 is 0 Å². The lowest BCUT2D eigenvalue weighted by molar-refractivity contribution is 0.295. The van der Waals surface area contributed by atoms with Gasteiger partial charge >= 0.3 is 0 Å². The fourth-order valence-electron chi connectivity index (χ4n) is 2.94. The molecule has 7 heteroatoms. The third kappa shape index (κ3) is 3.96. The zero-order valence-electron chi connectivity index (χ0n) is 14.4. The first-order valence-electron chi connectivity index (χ1n) is 8.62. The molecule has 0 aromatic carbocycles. The van der Waals surface area contributed by atoms with E-state index < -0.39 is 0 Å². The maximum atomic E-state index is 6.03. The Hall–Kier alpha value is -1.76. The number of nitrogens with zero attached hydrogens (tertiary/aromatic N) is 4. The van der Waals surface area contributed by atoms with Gasteiger partial charge in [-0.25, -0.2) is 5.43 Å². The summed E-state index contributed by atoms with van der Waals surface area (Å²) < 4.78 is 2.00. The molecule has 4 N–H and O–H groups in total. The molecule has 128 valence electrons. The normalized spacial score (nSPS) is 19.7. The summed E-state index contributed by atoms with van der Waals surface area (Å²) in [5, 5.41) is 11.4. The van der Waals surface area contributed by atoms with Gasteiger partial charge in [0.2, 0.25) is 0 Å². The van der Waals surface area contributed by atoms with Crippen molar-refractivity contribution in [3.63, 3.8) is 0 Å². The van der Waals surface area contributed by atoms with Gasteiger partial charge in [0.1, 0.15) is 6.04 Å². The van der Waals surface area contributed by atoms with Gasteiger partial charge in [0.25, 0.3) is 0 Å². The third-order valence-corrected chi connectivity index (χ3v) is 4.74. The van der Waals surface area contributed by atoms with E-state index in [-0.39, 0.29) is 6.04 Å². The summed E-state index contributed by atoms with van der Waals surface area (Å²) >= 11 is 0. The molecule has 1 atom stereocenters. The largest absolute Gasteiger partial charge is 0.396 e. The summed E-state index contributed by atoms with van der Waals surface area (Å²) in [6, 6.07) is 0.108. The molecule has 7 nitrogen and oxygen atoms in total. The number of hydrazone groups is 1. The summed E-state index contributed by atoms with van der Waals surface area (Å²) in [5.41, 5.74) is 13.9. The molecular weight excluding hydrogens is 290 g/mol. The molecule has 2 fully saturated rings. The molecule has 1 aromatic heterocycles. The molecular formula is C16H29N7. The Morgan fingerprint density at radius 2 is 2.09 bits per heavy atom. The molecule has 1 heterocycles. The quantitative estimate of drug-likeness (QED) is 0.384. The SMILES string of the molecule is CN/N=C(/C(CC1CC1)n1cc(N)c(C)n1)N(CC1CC1)NC. The van der Waals surface area contributed by atoms with E-state index in [1.165, 1.54) is 25.7 Å². The van der Waals surface area contributed by atoms with Crippen LogP contribution < -0.4 is 16.6 Å². The van der Waals surface area contributed by atoms with Gasteiger partial charge in [-0.2, -0.15) is 10.2 Å². The van der Waals surface area contributed by atoms with Crippen LogP contribution in [0.15, 0.2) is 11.3 Å². The molecule has 1 aromatic rings. The number of hydrogen-bond acceptors (Lipinski definition) is 5. The molecule has 3 rings (SSSR count). The van der Waals surface area contributed by atoms with Gasteiger partial charge in [0.15, 0.2) is 5.84 Å². The highest BCUT2D eigenvalue weighted by molar-refractivity contribution is 5.85. The van der Waals surface area contributed by atoms with Gasteiger partial charge in [-0.1, -0.05) is 12.8 Å². The van der Waals surface area contributed by atoms with Crippen molar-refractivity contribution in [1.29, 1.82) is 0 Å². The Kier molecular flexibility index (Phi) is 4.75. The van der Waals surface area contributed by atoms with Gasteiger partial charge in [0.05, 0.1) is 11.4 Å². The smallest absolute Gasteiger partial charge is 0.163 e. The van der Waals surface area contributed by atoms with Crippen LogP contribution in [0.4, 0.5) is 5.69 Å². The Morgan fingerprint density at radius 1 is 1.39 bits per heavy atom. The Balaban J connectivity index is 1.87. The first-order valence-corrected chi connectivity index (χ1v) is 8.62. The number of rotatable bonds is 8. The zero-order valence-corrected chi connectivity index (χ0v) is 14.4. The Bertz CT molecular complexity index is 537. The van der Waals surface area contributed by atoms with E-state index >= 15 is 0 Å². The fraction of sp³-hybridized carbons (Fsp3) is 0.750. The highest BCUT2D eigenvalue weighted by atomic mass is 15.6. The standard InChI is InChI=1S/C16H29N7/c1-11-14(17)10-22(21-11)15(8-12-4-5-12)16(20-18-2)23(19-3)9-13-6-7-13/h10,12-13,15,18-19H,4-9,17H2,1-3H3/b20-16-. The summed E-state index contributed by atoms with van der Waals surface area (Å²) in [7, 11) is 3.81. The second-order valence-corrected chi connectivity index (χ2v) is 6.82. The average Bonchev–Trinajstić information content (AvgIpc) is 3.43. The number of anilines is 1. The summed E-state index contributed by atoms with van der Waals surface area (Å²) in [6.45, 7) is 2.95. The number of aryl methyl sites for hydroxylation is 1. The van der Waals surface area contributed by atoms with E-state index in [1.807, 2.05) is 31.9 Å². The van der Waals surface area contributed by atoms with Gasteiger partial charge in [0, 0.05) is 26.8 Å². The van der Waals surface area contributed by atoms with Gasteiger partial charge in [-0.15, -0.1) is 0 Å². The van der Waals surface area contributed by atoms with Crippen LogP contribution in [-0.4, -0.2) is 41.3 Å². The number of amidine groups is 1. The predicted octanol–water partition coefficient (Wildman–Crippen LogP) is 1.49. The van der Waals surface area contributed by atoms with Gasteiger partial charge in [-0.05, 0) is 38.0 Å². The van der Waals surface area contributed by atoms with Crippen LogP contribution in [0.25, 0.3) is 0 Å². The first kappa shape index (κ1) is 16.1. The van der Waals surface area contributed by atoms with Gasteiger partial charge < -0.3 is 11.2 Å². The van der Waals surface area contributed by atoms with Crippen molar-refractivity contribution in [3.8, 4) is 0 Å². The molecule has 1 unspecified atom stereocenters. The highest BCUT2D eigenvalue weighted by Crippen LogP contribution is 2.38. The van der Waals surface area contributed by atoms with E-state index in [4.69, 9.17) is 5.73 Å². The van der Waals surface area contributed by atoms with E-state index in [2.05, 4.69) is 26.1 Å². The number of nitrogen functional groups attached to an aromatic ring is 1. The molecule has 0 saturated heterocycles. The lowest BCUT2D eigenvalue weighted by atomic mass is 10.1. The lowest BCUT2D eigenvalue weighted by Crippen LogP contribution is -2.46. The predicted molar refractivity (Wildman–Crippen MR) is 92.7 cm³/mol. The fourth-order valence-corrected chi connectivity index (χ4v) is 2.94. The van der Waals surface area contributed by atoms with Crippen molar-refractivity contribution in [2.75, 3.05) is 26.4 Å². The number of nitrogens with two attached hydrogens (primary N) is 1. The molecule has 2 saturated carbocycles. The molecule has 0 bridgehead atoms. The van der Waals surface area contributed by atoms with E-state index in [9.17, 15) is 0 Å². The van der Waals surface area contributed by atoms with Crippen molar-refractivity contribution >= 4 is 11.5 Å².